The molecule has 0 aliphatic heterocycles. The second kappa shape index (κ2) is 42.3. The van der Waals surface area contributed by atoms with E-state index in [4.69, 9.17) is 36.4 Å². The van der Waals surface area contributed by atoms with Gasteiger partial charge in [0, 0.05) is 5.56 Å². The summed E-state index contributed by atoms with van der Waals surface area (Å²) in [5, 5.41) is 30.2. The number of nitriles is 3. The average Bonchev–Trinajstić information content (AvgIpc) is 3.77. The maximum absolute atomic E-state index is 8.84. The van der Waals surface area contributed by atoms with Gasteiger partial charge in [-0.25, -0.2) is 0 Å². The number of thioether (sulfide) groups is 1. The molecule has 8 rings (SSSR count). The fraction of sp³-hybridized carbons (Fsp3) is 0.120. The van der Waals surface area contributed by atoms with Crippen molar-refractivity contribution in [1.82, 2.24) is 0 Å². The van der Waals surface area contributed by atoms with Gasteiger partial charge in [-0.2, -0.15) is 53.7 Å². The van der Waals surface area contributed by atoms with E-state index in [0.29, 0.717) is 29.9 Å². The van der Waals surface area contributed by atoms with Gasteiger partial charge in [-0.05, 0) is 213 Å². The van der Waals surface area contributed by atoms with E-state index in [0.717, 1.165) is 86.1 Å². The van der Waals surface area contributed by atoms with Crippen molar-refractivity contribution in [2.45, 2.75) is 25.7 Å². The van der Waals surface area contributed by atoms with Crippen molar-refractivity contribution in [3.63, 3.8) is 0 Å². The number of benzene rings is 8. The highest BCUT2D eigenvalue weighted by molar-refractivity contribution is 8.10. The first kappa shape index (κ1) is 69.2. The summed E-state index contributed by atoms with van der Waals surface area (Å²) in [6.45, 7) is 0.994. The Morgan fingerprint density at radius 3 is 1.25 bits per heavy atom. The number of unbranched alkanes of at least 4 members (excludes halogenated alkanes) is 1. The van der Waals surface area contributed by atoms with Crippen LogP contribution in [0, 0.1) is 46.3 Å². The molecular formula is C75H67N3O3S6. The molecule has 0 atom stereocenters. The Bertz CT molecular complexity index is 3660. The van der Waals surface area contributed by atoms with E-state index in [1.165, 1.54) is 35.8 Å². The highest BCUT2D eigenvalue weighted by atomic mass is 32.2. The predicted octanol–water partition coefficient (Wildman–Crippen LogP) is 19.9. The molecular weight excluding hydrogens is 1180 g/mol. The maximum atomic E-state index is 8.84. The van der Waals surface area contributed by atoms with Crippen molar-refractivity contribution in [3.8, 4) is 86.6 Å². The standard InChI is InChI=1S/C21H21NOS2.C19H15NO2S2.C18H18S.C17H13NS/c22-17-18-5-7-19(8-6-18)20-9-11-21(12-10-20)23-13-2-1-3-15-25-16-4-14-24;20-14-15-4-6-16(7-5-15)17-8-10-18(11-9-17)21-12-2-1-3-13-22-19(23)24;1-2-15-6-10-17(11-7-15)18-12-8-16(9-13-18)5-3-4-14-19;18-13-15-6-10-17(11-7-15)16-8-4-14(5-9-16)3-1-2-12-19/h1-3,5-12,15,24H,4,13-14,16H2;1-11,13H,12H2,(H,23,24);1,6-13,19H,3-5,14H2;1-12,19H/b2-1+,15-3+;2-1+,13-3+;;3-1+,12-2+. The number of allylic oxidation sites excluding steroid dienone is 6. The van der Waals surface area contributed by atoms with Crippen LogP contribution in [0.2, 0.25) is 0 Å². The zero-order valence-electron chi connectivity index (χ0n) is 48.0. The van der Waals surface area contributed by atoms with Crippen LogP contribution in [0.1, 0.15) is 52.6 Å². The fourth-order valence-electron chi connectivity index (χ4n) is 7.78. The second-order valence-corrected chi connectivity index (χ2v) is 21.8. The van der Waals surface area contributed by atoms with Gasteiger partial charge in [0.1, 0.15) is 24.7 Å². The average molecular weight is 1250 g/mol. The van der Waals surface area contributed by atoms with E-state index in [2.05, 4.69) is 153 Å². The number of rotatable bonds is 23. The van der Waals surface area contributed by atoms with Gasteiger partial charge < -0.3 is 14.2 Å². The normalized spacial score (nSPS) is 10.7. The number of aryl methyl sites for hydroxylation is 1. The molecule has 87 heavy (non-hydrogen) atoms. The molecule has 0 amide bonds. The van der Waals surface area contributed by atoms with E-state index >= 15 is 0 Å². The topological polar surface area (TPSA) is 99.1 Å². The summed E-state index contributed by atoms with van der Waals surface area (Å²) in [6, 6.07) is 70.0. The van der Waals surface area contributed by atoms with Crippen molar-refractivity contribution < 1.29 is 14.2 Å². The van der Waals surface area contributed by atoms with Crippen LogP contribution in [-0.4, -0.2) is 34.9 Å². The number of thiol groups is 4. The Balaban J connectivity index is 0.000000213. The van der Waals surface area contributed by atoms with Crippen LogP contribution >= 0.6 is 74.5 Å². The van der Waals surface area contributed by atoms with Crippen LogP contribution in [0.3, 0.4) is 0 Å². The van der Waals surface area contributed by atoms with Gasteiger partial charge in [-0.3, -0.25) is 0 Å². The third kappa shape index (κ3) is 27.6. The Kier molecular flexibility index (Phi) is 33.7. The van der Waals surface area contributed by atoms with Gasteiger partial charge in [0.25, 0.3) is 0 Å². The summed E-state index contributed by atoms with van der Waals surface area (Å²) >= 11 is 22.7. The van der Waals surface area contributed by atoms with E-state index < -0.39 is 0 Å². The first-order chi connectivity index (χ1) is 42.7. The lowest BCUT2D eigenvalue weighted by molar-refractivity contribution is 0.363. The van der Waals surface area contributed by atoms with E-state index in [1.807, 2.05) is 176 Å². The van der Waals surface area contributed by atoms with Crippen LogP contribution in [0.5, 0.6) is 11.5 Å². The van der Waals surface area contributed by atoms with Crippen molar-refractivity contribution in [2.24, 2.45) is 0 Å². The molecule has 0 radical (unpaired) electrons. The lowest BCUT2D eigenvalue weighted by Gasteiger charge is -2.05. The minimum Gasteiger partial charge on any atom is -0.490 e. The first-order valence-corrected chi connectivity index (χ1v) is 31.4. The van der Waals surface area contributed by atoms with Gasteiger partial charge in [-0.15, -0.1) is 18.2 Å². The Morgan fingerprint density at radius 2 is 0.862 bits per heavy atom. The summed E-state index contributed by atoms with van der Waals surface area (Å²) in [6.07, 6.45) is 28.7. The molecule has 0 saturated carbocycles. The summed E-state index contributed by atoms with van der Waals surface area (Å²) in [4.78, 5) is 0. The van der Waals surface area contributed by atoms with Gasteiger partial charge in [-0.1, -0.05) is 176 Å². The largest absolute Gasteiger partial charge is 0.490 e. The minimum atomic E-state index is 0.179. The quantitative estimate of drug-likeness (QED) is 0.0126. The minimum absolute atomic E-state index is 0.179. The highest BCUT2D eigenvalue weighted by Crippen LogP contribution is 2.26. The number of ether oxygens (including phenoxy) is 3. The van der Waals surface area contributed by atoms with Gasteiger partial charge in [0.2, 0.25) is 4.38 Å². The summed E-state index contributed by atoms with van der Waals surface area (Å²) in [5.41, 5.74) is 14.5. The zero-order chi connectivity index (χ0) is 61.9. The number of hydrogen-bond acceptors (Lipinski definition) is 11. The third-order valence-corrected chi connectivity index (χ3v) is 14.3. The van der Waals surface area contributed by atoms with Crippen molar-refractivity contribution in [1.29, 1.82) is 15.8 Å². The van der Waals surface area contributed by atoms with E-state index in [9.17, 15) is 0 Å². The second-order valence-electron chi connectivity index (χ2n) is 18.5. The molecule has 436 valence electrons. The molecule has 0 unspecified atom stereocenters. The summed E-state index contributed by atoms with van der Waals surface area (Å²) < 4.78 is 16.4. The molecule has 0 heterocycles. The highest BCUT2D eigenvalue weighted by Gasteiger charge is 2.03. The van der Waals surface area contributed by atoms with Crippen LogP contribution in [-0.2, 0) is 11.2 Å². The van der Waals surface area contributed by atoms with Crippen LogP contribution in [0.25, 0.3) is 50.6 Å². The Labute approximate surface area is 546 Å². The lowest BCUT2D eigenvalue weighted by atomic mass is 10.0. The van der Waals surface area contributed by atoms with E-state index in [1.54, 1.807) is 29.3 Å². The van der Waals surface area contributed by atoms with Crippen LogP contribution in [0.15, 0.2) is 260 Å². The molecule has 8 aromatic carbocycles. The molecule has 0 N–H and O–H groups in total. The maximum Gasteiger partial charge on any atom is 0.221 e. The predicted molar refractivity (Wildman–Crippen MR) is 385 cm³/mol. The molecule has 0 spiro atoms. The monoisotopic (exact) mass is 1250 g/mol. The van der Waals surface area contributed by atoms with Crippen molar-refractivity contribution in [2.75, 3.05) is 30.5 Å². The van der Waals surface area contributed by atoms with Gasteiger partial charge in [0.05, 0.1) is 41.2 Å². The third-order valence-electron chi connectivity index (χ3n) is 12.4. The van der Waals surface area contributed by atoms with Gasteiger partial charge in [0.15, 0.2) is 0 Å². The Morgan fingerprint density at radius 1 is 0.471 bits per heavy atom. The van der Waals surface area contributed by atoms with Gasteiger partial charge >= 0.3 is 0 Å². The van der Waals surface area contributed by atoms with Crippen LogP contribution < -0.4 is 9.47 Å². The number of terminal acetylenes is 1. The molecule has 0 saturated heterocycles. The van der Waals surface area contributed by atoms with E-state index in [-0.39, 0.29) is 4.38 Å². The molecule has 0 aliphatic rings. The summed E-state index contributed by atoms with van der Waals surface area (Å²) in [5.74, 6) is 7.28. The smallest absolute Gasteiger partial charge is 0.221 e. The molecule has 6 nitrogen and oxygen atoms in total. The summed E-state index contributed by atoms with van der Waals surface area (Å²) in [7, 11) is 0. The molecule has 8 aromatic rings. The SMILES string of the molecule is C#Cc1ccc(-c2ccc(CCCCS)cc2)cc1.N#Cc1ccc(-c2ccc(/C=C/C=C/S)cc2)cc1.N#Cc1ccc(-c2ccc(OC/C=C/C=C/OC(=S)S)cc2)cc1.N#Cc1ccc(-c2ccc(OC/C=C/C=C/SCCCS)cc2)cc1. The number of thiocarbonyl (C=S) groups is 1. The molecule has 0 aromatic heterocycles. The molecule has 0 aliphatic carbocycles. The molecule has 12 heteroatoms. The lowest BCUT2D eigenvalue weighted by Crippen LogP contribution is -1.92. The molecule has 0 fully saturated rings. The molecule has 0 bridgehead atoms. The number of hydrogen-bond donors (Lipinski definition) is 4. The Hall–Kier alpha value is -8.53. The number of nitrogens with zero attached hydrogens (tertiary/aromatic N) is 3. The van der Waals surface area contributed by atoms with Crippen molar-refractivity contribution in [3.05, 3.63) is 293 Å². The van der Waals surface area contributed by atoms with Crippen LogP contribution in [0.4, 0.5) is 0 Å². The fourth-order valence-corrected chi connectivity index (χ4v) is 9.24. The van der Waals surface area contributed by atoms with Crippen molar-refractivity contribution >= 4 is 85.0 Å². The first-order valence-electron chi connectivity index (χ1n) is 27.8. The zero-order valence-corrected chi connectivity index (χ0v) is 53.2.